The molecule has 31 heavy (non-hydrogen) atoms. The molecule has 0 saturated heterocycles. The van der Waals surface area contributed by atoms with E-state index in [9.17, 15) is 4.79 Å². The van der Waals surface area contributed by atoms with Crippen molar-refractivity contribution in [1.29, 1.82) is 0 Å². The quantitative estimate of drug-likeness (QED) is 0.496. The highest BCUT2D eigenvalue weighted by Gasteiger charge is 2.38. The number of nitrogens with zero attached hydrogens (tertiary/aromatic N) is 3. The minimum absolute atomic E-state index is 0.0780. The molecule has 1 aliphatic heterocycles. The molecule has 4 aromatic rings. The standard InChI is InChI=1S/C24H21N5OS/c1-16-12-14-19(15-13-16)25-23(30)21-20(17-8-4-2-5-9-17)28-29-22(26-27-24(29)31-21)18-10-6-3-7-11-18/h2-15,20-21,28H,1H3,(H,25,30)/t20-,21+/m1/s1. The van der Waals surface area contributed by atoms with Gasteiger partial charge in [0.2, 0.25) is 11.1 Å². The fourth-order valence-electron chi connectivity index (χ4n) is 3.59. The molecule has 6 nitrogen and oxygen atoms in total. The second-order valence-corrected chi connectivity index (χ2v) is 8.53. The summed E-state index contributed by atoms with van der Waals surface area (Å²) in [5, 5.41) is 12.0. The predicted octanol–water partition coefficient (Wildman–Crippen LogP) is 4.65. The number of anilines is 1. The van der Waals surface area contributed by atoms with Crippen molar-refractivity contribution in [3.05, 3.63) is 96.1 Å². The van der Waals surface area contributed by atoms with Crippen LogP contribution in [0.15, 0.2) is 90.1 Å². The van der Waals surface area contributed by atoms with Gasteiger partial charge in [0, 0.05) is 11.3 Å². The van der Waals surface area contributed by atoms with Crippen LogP contribution < -0.4 is 10.7 Å². The molecule has 0 saturated carbocycles. The number of thioether (sulfide) groups is 1. The van der Waals surface area contributed by atoms with E-state index in [0.29, 0.717) is 5.16 Å². The fourth-order valence-corrected chi connectivity index (χ4v) is 4.67. The molecule has 2 atom stereocenters. The van der Waals surface area contributed by atoms with E-state index in [0.717, 1.165) is 28.2 Å². The number of carbonyl (C=O) groups is 1. The first-order valence-electron chi connectivity index (χ1n) is 10.1. The van der Waals surface area contributed by atoms with Crippen LogP contribution in [-0.2, 0) is 4.79 Å². The third-order valence-electron chi connectivity index (χ3n) is 5.20. The molecule has 1 aliphatic rings. The molecule has 0 spiro atoms. The van der Waals surface area contributed by atoms with Crippen LogP contribution in [0.2, 0.25) is 0 Å². The Labute approximate surface area is 184 Å². The van der Waals surface area contributed by atoms with E-state index in [1.54, 1.807) is 0 Å². The smallest absolute Gasteiger partial charge is 0.240 e. The maximum absolute atomic E-state index is 13.3. The third kappa shape index (κ3) is 3.92. The molecule has 2 N–H and O–H groups in total. The van der Waals surface area contributed by atoms with Crippen molar-refractivity contribution in [2.24, 2.45) is 0 Å². The van der Waals surface area contributed by atoms with Crippen molar-refractivity contribution < 1.29 is 4.79 Å². The summed E-state index contributed by atoms with van der Waals surface area (Å²) in [5.74, 6) is 0.646. The van der Waals surface area contributed by atoms with Crippen LogP contribution in [0.3, 0.4) is 0 Å². The topological polar surface area (TPSA) is 71.8 Å². The van der Waals surface area contributed by atoms with Gasteiger partial charge in [0.1, 0.15) is 5.25 Å². The summed E-state index contributed by atoms with van der Waals surface area (Å²) < 4.78 is 1.88. The number of aromatic nitrogens is 3. The Kier molecular flexibility index (Phi) is 5.18. The monoisotopic (exact) mass is 427 g/mol. The van der Waals surface area contributed by atoms with Crippen molar-refractivity contribution in [3.8, 4) is 11.4 Å². The van der Waals surface area contributed by atoms with Crippen LogP contribution in [-0.4, -0.2) is 26.0 Å². The van der Waals surface area contributed by atoms with Gasteiger partial charge < -0.3 is 10.7 Å². The zero-order valence-electron chi connectivity index (χ0n) is 16.9. The Morgan fingerprint density at radius 2 is 1.61 bits per heavy atom. The normalized spacial score (nSPS) is 17.5. The first-order chi connectivity index (χ1) is 15.2. The first-order valence-corrected chi connectivity index (χ1v) is 10.9. The highest BCUT2D eigenvalue weighted by Crippen LogP contribution is 2.38. The highest BCUT2D eigenvalue weighted by atomic mass is 32.2. The average molecular weight is 428 g/mol. The second kappa shape index (κ2) is 8.28. The van der Waals surface area contributed by atoms with Crippen LogP contribution in [0.25, 0.3) is 11.4 Å². The molecule has 3 aromatic carbocycles. The van der Waals surface area contributed by atoms with Gasteiger partial charge in [-0.1, -0.05) is 90.1 Å². The molecule has 0 bridgehead atoms. The van der Waals surface area contributed by atoms with Crippen molar-refractivity contribution in [3.63, 3.8) is 0 Å². The summed E-state index contributed by atoms with van der Waals surface area (Å²) >= 11 is 1.42. The molecule has 1 amide bonds. The van der Waals surface area contributed by atoms with E-state index < -0.39 is 5.25 Å². The van der Waals surface area contributed by atoms with Gasteiger partial charge in [-0.15, -0.1) is 10.2 Å². The van der Waals surface area contributed by atoms with Crippen LogP contribution >= 0.6 is 11.8 Å². The fraction of sp³-hybridized carbons (Fsp3) is 0.125. The van der Waals surface area contributed by atoms with E-state index in [1.807, 2.05) is 96.5 Å². The third-order valence-corrected chi connectivity index (χ3v) is 6.42. The van der Waals surface area contributed by atoms with Gasteiger partial charge in [-0.25, -0.2) is 4.68 Å². The number of nitrogens with one attached hydrogen (secondary N) is 2. The van der Waals surface area contributed by atoms with Gasteiger partial charge in [0.15, 0.2) is 5.82 Å². The molecule has 154 valence electrons. The molecule has 0 fully saturated rings. The lowest BCUT2D eigenvalue weighted by molar-refractivity contribution is -0.116. The zero-order valence-corrected chi connectivity index (χ0v) is 17.7. The molecule has 2 heterocycles. The molecule has 7 heteroatoms. The molecule has 1 aromatic heterocycles. The maximum Gasteiger partial charge on any atom is 0.240 e. The molecule has 0 radical (unpaired) electrons. The van der Waals surface area contributed by atoms with Crippen LogP contribution in [0.4, 0.5) is 5.69 Å². The number of fused-ring (bicyclic) bond motifs is 1. The maximum atomic E-state index is 13.3. The summed E-state index contributed by atoms with van der Waals surface area (Å²) in [6.45, 7) is 2.02. The van der Waals surface area contributed by atoms with E-state index in [-0.39, 0.29) is 11.9 Å². The number of aryl methyl sites for hydroxylation is 1. The summed E-state index contributed by atoms with van der Waals surface area (Å²) in [5.41, 5.74) is 7.41. The van der Waals surface area contributed by atoms with E-state index in [4.69, 9.17) is 0 Å². The largest absolute Gasteiger partial charge is 0.325 e. The van der Waals surface area contributed by atoms with Gasteiger partial charge in [-0.3, -0.25) is 4.79 Å². The Hall–Kier alpha value is -3.58. The van der Waals surface area contributed by atoms with E-state index in [2.05, 4.69) is 20.9 Å². The number of rotatable bonds is 4. The minimum atomic E-state index is -0.413. The van der Waals surface area contributed by atoms with E-state index >= 15 is 0 Å². The van der Waals surface area contributed by atoms with Crippen LogP contribution in [0, 0.1) is 6.92 Å². The summed E-state index contributed by atoms with van der Waals surface area (Å²) in [6, 6.07) is 27.5. The Morgan fingerprint density at radius 1 is 0.935 bits per heavy atom. The van der Waals surface area contributed by atoms with Gasteiger partial charge in [-0.05, 0) is 24.6 Å². The summed E-state index contributed by atoms with van der Waals surface area (Å²) in [7, 11) is 0. The van der Waals surface area contributed by atoms with E-state index in [1.165, 1.54) is 11.8 Å². The zero-order chi connectivity index (χ0) is 21.2. The Balaban J connectivity index is 1.50. The average Bonchev–Trinajstić information content (AvgIpc) is 3.24. The number of hydrogen-bond acceptors (Lipinski definition) is 5. The Morgan fingerprint density at radius 3 is 2.32 bits per heavy atom. The lowest BCUT2D eigenvalue weighted by Gasteiger charge is -2.33. The molecular formula is C24H21N5OS. The Bertz CT molecular complexity index is 1190. The predicted molar refractivity (Wildman–Crippen MR) is 123 cm³/mol. The van der Waals surface area contributed by atoms with Crippen molar-refractivity contribution in [2.45, 2.75) is 23.4 Å². The van der Waals surface area contributed by atoms with Gasteiger partial charge >= 0.3 is 0 Å². The van der Waals surface area contributed by atoms with Crippen molar-refractivity contribution in [1.82, 2.24) is 14.9 Å². The van der Waals surface area contributed by atoms with Gasteiger partial charge in [0.05, 0.1) is 6.04 Å². The number of benzene rings is 3. The lowest BCUT2D eigenvalue weighted by atomic mass is 10.0. The number of hydrogen-bond donors (Lipinski definition) is 2. The summed E-state index contributed by atoms with van der Waals surface area (Å²) in [4.78, 5) is 13.3. The van der Waals surface area contributed by atoms with Crippen LogP contribution in [0.5, 0.6) is 0 Å². The SMILES string of the molecule is Cc1ccc(NC(=O)[C@H]2Sc3nnc(-c4ccccc4)n3N[C@@H]2c2ccccc2)cc1. The summed E-state index contributed by atoms with van der Waals surface area (Å²) in [6.07, 6.45) is 0. The van der Waals surface area contributed by atoms with Crippen molar-refractivity contribution >= 4 is 23.4 Å². The minimum Gasteiger partial charge on any atom is -0.325 e. The van der Waals surface area contributed by atoms with Gasteiger partial charge in [0.25, 0.3) is 0 Å². The molecule has 0 unspecified atom stereocenters. The number of amides is 1. The van der Waals surface area contributed by atoms with Crippen LogP contribution in [0.1, 0.15) is 17.2 Å². The lowest BCUT2D eigenvalue weighted by Crippen LogP contribution is -2.41. The first kappa shape index (κ1) is 19.4. The van der Waals surface area contributed by atoms with Crippen molar-refractivity contribution in [2.75, 3.05) is 10.7 Å². The molecular weight excluding hydrogens is 406 g/mol. The van der Waals surface area contributed by atoms with Gasteiger partial charge in [-0.2, -0.15) is 0 Å². The molecule has 5 rings (SSSR count). The highest BCUT2D eigenvalue weighted by molar-refractivity contribution is 8.00. The number of carbonyl (C=O) groups excluding carboxylic acids is 1. The molecule has 0 aliphatic carbocycles. The second-order valence-electron chi connectivity index (χ2n) is 7.42.